The zero-order valence-corrected chi connectivity index (χ0v) is 14.8. The molecular formula is C16H17N5O3S. The molecule has 0 bridgehead atoms. The molecule has 0 aliphatic carbocycles. The van der Waals surface area contributed by atoms with Crippen LogP contribution in [0.25, 0.3) is 17.2 Å². The van der Waals surface area contributed by atoms with Crippen LogP contribution >= 0.6 is 11.8 Å². The Morgan fingerprint density at radius 1 is 1.32 bits per heavy atom. The minimum Gasteiger partial charge on any atom is -0.497 e. The third-order valence-electron chi connectivity index (χ3n) is 3.49. The van der Waals surface area contributed by atoms with E-state index in [1.54, 1.807) is 11.8 Å². The summed E-state index contributed by atoms with van der Waals surface area (Å²) in [4.78, 5) is 10.9. The summed E-state index contributed by atoms with van der Waals surface area (Å²) in [5, 5.41) is 22.3. The third kappa shape index (κ3) is 3.50. The van der Waals surface area contributed by atoms with Crippen LogP contribution in [-0.2, 0) is 11.8 Å². The predicted octanol–water partition coefficient (Wildman–Crippen LogP) is 2.16. The standard InChI is InChI=1S/C16H17N5O3S/c1-10-7-13(20(2)19-10)21-15(11-5-4-6-12(8-11)24-3)17-18-16(21)25-9-14(22)23/h4-8H,9H2,1-3H3,(H,22,23). The molecule has 0 aliphatic rings. The van der Waals surface area contributed by atoms with Gasteiger partial charge in [0.25, 0.3) is 0 Å². The number of aryl methyl sites for hydroxylation is 2. The van der Waals surface area contributed by atoms with E-state index in [2.05, 4.69) is 15.3 Å². The summed E-state index contributed by atoms with van der Waals surface area (Å²) >= 11 is 1.11. The normalized spacial score (nSPS) is 10.8. The van der Waals surface area contributed by atoms with E-state index in [4.69, 9.17) is 9.84 Å². The number of hydrogen-bond acceptors (Lipinski definition) is 6. The average molecular weight is 359 g/mol. The summed E-state index contributed by atoms with van der Waals surface area (Å²) in [6.07, 6.45) is 0. The molecule has 0 aliphatic heterocycles. The minimum atomic E-state index is -0.913. The Balaban J connectivity index is 2.15. The van der Waals surface area contributed by atoms with Gasteiger partial charge in [-0.15, -0.1) is 10.2 Å². The van der Waals surface area contributed by atoms with Crippen LogP contribution in [0.2, 0.25) is 0 Å². The van der Waals surface area contributed by atoms with Gasteiger partial charge in [0, 0.05) is 18.7 Å². The Morgan fingerprint density at radius 2 is 2.12 bits per heavy atom. The second-order valence-electron chi connectivity index (χ2n) is 5.32. The Morgan fingerprint density at radius 3 is 2.76 bits per heavy atom. The Hall–Kier alpha value is -2.81. The van der Waals surface area contributed by atoms with E-state index >= 15 is 0 Å². The van der Waals surface area contributed by atoms with Crippen LogP contribution in [0.3, 0.4) is 0 Å². The monoisotopic (exact) mass is 359 g/mol. The number of hydrogen-bond donors (Lipinski definition) is 1. The highest BCUT2D eigenvalue weighted by Gasteiger charge is 2.20. The van der Waals surface area contributed by atoms with Crippen LogP contribution in [0.15, 0.2) is 35.5 Å². The summed E-state index contributed by atoms with van der Waals surface area (Å²) in [7, 11) is 3.42. The highest BCUT2D eigenvalue weighted by atomic mass is 32.2. The zero-order chi connectivity index (χ0) is 18.0. The lowest BCUT2D eigenvalue weighted by molar-refractivity contribution is -0.133. The maximum absolute atomic E-state index is 10.9. The molecule has 0 unspecified atom stereocenters. The molecule has 0 saturated carbocycles. The van der Waals surface area contributed by atoms with Crippen molar-refractivity contribution >= 4 is 17.7 Å². The lowest BCUT2D eigenvalue weighted by atomic mass is 10.2. The molecular weight excluding hydrogens is 342 g/mol. The van der Waals surface area contributed by atoms with Gasteiger partial charge >= 0.3 is 5.97 Å². The van der Waals surface area contributed by atoms with Gasteiger partial charge in [0.2, 0.25) is 0 Å². The van der Waals surface area contributed by atoms with E-state index in [1.165, 1.54) is 0 Å². The SMILES string of the molecule is COc1cccc(-c2nnc(SCC(=O)O)n2-c2cc(C)nn2C)c1. The van der Waals surface area contributed by atoms with Gasteiger partial charge in [0.1, 0.15) is 11.6 Å². The molecule has 2 aromatic heterocycles. The molecule has 1 aromatic carbocycles. The molecule has 0 amide bonds. The quantitative estimate of drug-likeness (QED) is 0.674. The van der Waals surface area contributed by atoms with Crippen molar-refractivity contribution in [2.45, 2.75) is 12.1 Å². The maximum Gasteiger partial charge on any atom is 0.313 e. The Labute approximate surface area is 148 Å². The number of aromatic nitrogens is 5. The highest BCUT2D eigenvalue weighted by molar-refractivity contribution is 7.99. The van der Waals surface area contributed by atoms with Crippen molar-refractivity contribution in [1.29, 1.82) is 0 Å². The molecule has 1 N–H and O–H groups in total. The average Bonchev–Trinajstić information content (AvgIpc) is 3.15. The fourth-order valence-electron chi connectivity index (χ4n) is 2.45. The number of ether oxygens (including phenoxy) is 1. The number of rotatable bonds is 6. The molecule has 3 aromatic rings. The fourth-order valence-corrected chi connectivity index (χ4v) is 3.11. The molecule has 0 atom stereocenters. The van der Waals surface area contributed by atoms with Gasteiger partial charge in [-0.05, 0) is 19.1 Å². The number of benzene rings is 1. The number of methoxy groups -OCH3 is 1. The molecule has 9 heteroatoms. The number of carbonyl (C=O) groups is 1. The van der Waals surface area contributed by atoms with Gasteiger partial charge < -0.3 is 9.84 Å². The van der Waals surface area contributed by atoms with Crippen molar-refractivity contribution in [1.82, 2.24) is 24.5 Å². The largest absolute Gasteiger partial charge is 0.497 e. The minimum absolute atomic E-state index is 0.104. The molecule has 0 fully saturated rings. The molecule has 0 radical (unpaired) electrons. The summed E-state index contributed by atoms with van der Waals surface area (Å²) < 4.78 is 8.80. The maximum atomic E-state index is 10.9. The second-order valence-corrected chi connectivity index (χ2v) is 6.27. The summed E-state index contributed by atoms with van der Waals surface area (Å²) in [5.41, 5.74) is 1.66. The van der Waals surface area contributed by atoms with Gasteiger partial charge in [-0.25, -0.2) is 0 Å². The number of thioether (sulfide) groups is 1. The Kier molecular flexibility index (Phi) is 4.75. The number of carboxylic acid groups (broad SMARTS) is 1. The Bertz CT molecular complexity index is 918. The smallest absolute Gasteiger partial charge is 0.313 e. The summed E-state index contributed by atoms with van der Waals surface area (Å²) in [6.45, 7) is 1.89. The van der Waals surface area contributed by atoms with Gasteiger partial charge in [-0.2, -0.15) is 5.10 Å². The van der Waals surface area contributed by atoms with Crippen LogP contribution in [-0.4, -0.2) is 48.5 Å². The van der Waals surface area contributed by atoms with Gasteiger partial charge in [-0.3, -0.25) is 14.0 Å². The van der Waals surface area contributed by atoms with Crippen molar-refractivity contribution < 1.29 is 14.6 Å². The molecule has 8 nitrogen and oxygen atoms in total. The second kappa shape index (κ2) is 6.98. The van der Waals surface area contributed by atoms with Crippen LogP contribution in [0, 0.1) is 6.92 Å². The predicted molar refractivity (Wildman–Crippen MR) is 93.2 cm³/mol. The van der Waals surface area contributed by atoms with Crippen molar-refractivity contribution in [2.75, 3.05) is 12.9 Å². The molecule has 25 heavy (non-hydrogen) atoms. The van der Waals surface area contributed by atoms with Crippen LogP contribution in [0.4, 0.5) is 0 Å². The first-order valence-electron chi connectivity index (χ1n) is 7.45. The van der Waals surface area contributed by atoms with E-state index in [1.807, 2.05) is 48.9 Å². The summed E-state index contributed by atoms with van der Waals surface area (Å²) in [6, 6.07) is 9.37. The number of carboxylic acids is 1. The third-order valence-corrected chi connectivity index (χ3v) is 4.41. The van der Waals surface area contributed by atoms with Crippen LogP contribution < -0.4 is 4.74 Å². The van der Waals surface area contributed by atoms with Crippen LogP contribution in [0.5, 0.6) is 5.75 Å². The molecule has 2 heterocycles. The molecule has 3 rings (SSSR count). The zero-order valence-electron chi connectivity index (χ0n) is 14.0. The molecule has 0 saturated heterocycles. The van der Waals surface area contributed by atoms with Gasteiger partial charge in [0.05, 0.1) is 18.6 Å². The molecule has 130 valence electrons. The van der Waals surface area contributed by atoms with E-state index in [0.29, 0.717) is 16.7 Å². The van der Waals surface area contributed by atoms with Crippen LogP contribution in [0.1, 0.15) is 5.69 Å². The van der Waals surface area contributed by atoms with Crippen molar-refractivity contribution in [3.05, 3.63) is 36.0 Å². The highest BCUT2D eigenvalue weighted by Crippen LogP contribution is 2.29. The summed E-state index contributed by atoms with van der Waals surface area (Å²) in [5.74, 6) is 1.03. The van der Waals surface area contributed by atoms with Crippen molar-refractivity contribution in [2.24, 2.45) is 7.05 Å². The van der Waals surface area contributed by atoms with E-state index in [9.17, 15) is 4.79 Å². The van der Waals surface area contributed by atoms with Gasteiger partial charge in [0.15, 0.2) is 11.0 Å². The van der Waals surface area contributed by atoms with E-state index in [0.717, 1.165) is 28.8 Å². The lowest BCUT2D eigenvalue weighted by Crippen LogP contribution is -2.07. The first kappa shape index (κ1) is 17.0. The van der Waals surface area contributed by atoms with E-state index in [-0.39, 0.29) is 5.75 Å². The van der Waals surface area contributed by atoms with Crippen molar-refractivity contribution in [3.8, 4) is 23.0 Å². The topological polar surface area (TPSA) is 95.1 Å². The first-order valence-corrected chi connectivity index (χ1v) is 8.43. The first-order chi connectivity index (χ1) is 12.0. The number of nitrogens with zero attached hydrogens (tertiary/aromatic N) is 5. The lowest BCUT2D eigenvalue weighted by Gasteiger charge is -2.10. The van der Waals surface area contributed by atoms with E-state index < -0.39 is 5.97 Å². The fraction of sp³-hybridized carbons (Fsp3) is 0.250. The number of aliphatic carboxylic acids is 1. The van der Waals surface area contributed by atoms with Crippen molar-refractivity contribution in [3.63, 3.8) is 0 Å². The molecule has 0 spiro atoms. The van der Waals surface area contributed by atoms with Gasteiger partial charge in [-0.1, -0.05) is 23.9 Å².